The molecule has 0 aliphatic heterocycles. The van der Waals surface area contributed by atoms with E-state index in [0.29, 0.717) is 5.56 Å². The summed E-state index contributed by atoms with van der Waals surface area (Å²) in [6.07, 6.45) is 1.49. The third-order valence-corrected chi connectivity index (χ3v) is 2.27. The van der Waals surface area contributed by atoms with Crippen molar-refractivity contribution < 1.29 is 78.6 Å². The van der Waals surface area contributed by atoms with Crippen molar-refractivity contribution in [2.45, 2.75) is 5.51 Å². The van der Waals surface area contributed by atoms with Crippen LogP contribution < -0.4 is 51.4 Å². The van der Waals surface area contributed by atoms with Gasteiger partial charge in [-0.3, -0.25) is 0 Å². The Morgan fingerprint density at radius 2 is 1.71 bits per heavy atom. The van der Waals surface area contributed by atoms with Gasteiger partial charge in [0.15, 0.2) is 0 Å². The van der Waals surface area contributed by atoms with Crippen molar-refractivity contribution in [1.82, 2.24) is 0 Å². The summed E-state index contributed by atoms with van der Waals surface area (Å²) in [4.78, 5) is 0. The van der Waals surface area contributed by atoms with Crippen LogP contribution in [0.1, 0.15) is 6.99 Å². The molecule has 1 aromatic carbocycles. The molecule has 0 spiro atoms. The van der Waals surface area contributed by atoms with Crippen LogP contribution in [0.25, 0.3) is 0 Å². The third-order valence-electron chi connectivity index (χ3n) is 1.40. The van der Waals surface area contributed by atoms with Crippen LogP contribution in [0.4, 0.5) is 13.2 Å². The standard InChI is InChI=1S/C9H5F3O3S.K.H/c10-9(11,12)16(13,14)15-7-6-8-4-2-1-3-5-8;;/h1-5H;;/q;+1;-1. The van der Waals surface area contributed by atoms with E-state index in [-0.39, 0.29) is 52.8 Å². The Hall–Kier alpha value is -0.0436. The molecule has 0 bridgehead atoms. The predicted octanol–water partition coefficient (Wildman–Crippen LogP) is -1.02. The van der Waals surface area contributed by atoms with Crippen LogP contribution in [-0.2, 0) is 14.3 Å². The zero-order valence-corrected chi connectivity index (χ0v) is 12.6. The first-order valence-corrected chi connectivity index (χ1v) is 5.29. The summed E-state index contributed by atoms with van der Waals surface area (Å²) in [5.41, 5.74) is -5.11. The number of benzene rings is 1. The van der Waals surface area contributed by atoms with E-state index in [4.69, 9.17) is 0 Å². The topological polar surface area (TPSA) is 43.4 Å². The first-order chi connectivity index (χ1) is 7.33. The Morgan fingerprint density at radius 1 is 1.18 bits per heavy atom. The van der Waals surface area contributed by atoms with Gasteiger partial charge in [0.2, 0.25) is 0 Å². The van der Waals surface area contributed by atoms with Gasteiger partial charge in [0.05, 0.1) is 0 Å². The molecule has 17 heavy (non-hydrogen) atoms. The van der Waals surface area contributed by atoms with Gasteiger partial charge >= 0.3 is 67.0 Å². The van der Waals surface area contributed by atoms with E-state index in [0.717, 1.165) is 0 Å². The third kappa shape index (κ3) is 5.42. The molecule has 0 unspecified atom stereocenters. The Labute approximate surface area is 140 Å². The van der Waals surface area contributed by atoms with Crippen molar-refractivity contribution in [3.8, 4) is 12.0 Å². The van der Waals surface area contributed by atoms with Crippen LogP contribution >= 0.6 is 0 Å². The van der Waals surface area contributed by atoms with Crippen LogP contribution in [0.3, 0.4) is 0 Å². The van der Waals surface area contributed by atoms with Gasteiger partial charge in [-0.1, -0.05) is 18.2 Å². The fourth-order valence-corrected chi connectivity index (χ4v) is 0.949. The van der Waals surface area contributed by atoms with Crippen LogP contribution in [0.15, 0.2) is 30.3 Å². The first kappa shape index (κ1) is 17.0. The molecule has 88 valence electrons. The van der Waals surface area contributed by atoms with Crippen molar-refractivity contribution in [2.24, 2.45) is 0 Å². The normalized spacial score (nSPS) is 10.8. The van der Waals surface area contributed by atoms with Gasteiger partial charge in [-0.25, -0.2) is 0 Å². The maximum absolute atomic E-state index is 11.8. The molecule has 0 aliphatic rings. The maximum atomic E-state index is 11.8. The molecule has 0 aliphatic carbocycles. The zero-order chi connectivity index (χ0) is 12.2. The smallest absolute Gasteiger partial charge is 1.00 e. The van der Waals surface area contributed by atoms with E-state index in [2.05, 4.69) is 10.1 Å². The summed E-state index contributed by atoms with van der Waals surface area (Å²) < 4.78 is 59.6. The van der Waals surface area contributed by atoms with E-state index >= 15 is 0 Å². The molecular formula is C9H6F3KO3S. The largest absolute Gasteiger partial charge is 1.00 e. The summed E-state index contributed by atoms with van der Waals surface area (Å²) in [6.45, 7) is 0. The summed E-state index contributed by atoms with van der Waals surface area (Å²) in [7, 11) is -5.64. The minimum absolute atomic E-state index is 0. The van der Waals surface area contributed by atoms with Gasteiger partial charge < -0.3 is 5.61 Å². The molecule has 0 heterocycles. The minimum atomic E-state index is -5.64. The average Bonchev–Trinajstić information content (AvgIpc) is 2.17. The minimum Gasteiger partial charge on any atom is -1.00 e. The Bertz CT molecular complexity index is 519. The van der Waals surface area contributed by atoms with Gasteiger partial charge in [0.1, 0.15) is 6.11 Å². The van der Waals surface area contributed by atoms with E-state index in [1.54, 1.807) is 18.2 Å². The fraction of sp³-hybridized carbons (Fsp3) is 0.111. The second-order valence-corrected chi connectivity index (χ2v) is 4.11. The summed E-state index contributed by atoms with van der Waals surface area (Å²) in [5.74, 6) is 2.12. The quantitative estimate of drug-likeness (QED) is 0.288. The molecule has 0 aromatic heterocycles. The molecule has 0 radical (unpaired) electrons. The summed E-state index contributed by atoms with van der Waals surface area (Å²) in [5, 5.41) is 0. The maximum Gasteiger partial charge on any atom is 1.00 e. The predicted molar refractivity (Wildman–Crippen MR) is 50.5 cm³/mol. The summed E-state index contributed by atoms with van der Waals surface area (Å²) >= 11 is 0. The number of alkyl halides is 3. The number of hydrogen-bond donors (Lipinski definition) is 0. The van der Waals surface area contributed by atoms with E-state index < -0.39 is 15.6 Å². The van der Waals surface area contributed by atoms with Crippen LogP contribution in [-0.4, -0.2) is 13.9 Å². The Kier molecular flexibility index (Phi) is 6.76. The number of hydrogen-bond acceptors (Lipinski definition) is 3. The SMILES string of the molecule is O=S(=O)(OC#Cc1ccccc1)C(F)(F)F.[H-].[K+]. The van der Waals surface area contributed by atoms with Gasteiger partial charge in [0.25, 0.3) is 0 Å². The van der Waals surface area contributed by atoms with Gasteiger partial charge in [0, 0.05) is 5.56 Å². The molecule has 0 saturated heterocycles. The zero-order valence-electron chi connectivity index (χ0n) is 9.65. The molecule has 0 amide bonds. The molecule has 1 aromatic rings. The van der Waals surface area contributed by atoms with E-state index in [1.165, 1.54) is 18.2 Å². The van der Waals surface area contributed by atoms with Gasteiger partial charge in [-0.05, 0) is 18.1 Å². The molecule has 3 nitrogen and oxygen atoms in total. The van der Waals surface area contributed by atoms with E-state index in [9.17, 15) is 21.6 Å². The molecule has 0 N–H and O–H groups in total. The Balaban J connectivity index is 0. The second-order valence-electron chi connectivity index (χ2n) is 2.58. The summed E-state index contributed by atoms with van der Waals surface area (Å²) in [6, 6.07) is 7.87. The fourth-order valence-electron chi connectivity index (χ4n) is 0.703. The van der Waals surface area contributed by atoms with Gasteiger partial charge in [-0.15, -0.1) is 0 Å². The van der Waals surface area contributed by atoms with Crippen molar-refractivity contribution >= 4 is 10.1 Å². The Morgan fingerprint density at radius 3 is 2.18 bits per heavy atom. The van der Waals surface area contributed by atoms with Crippen molar-refractivity contribution in [2.75, 3.05) is 0 Å². The number of halogens is 3. The van der Waals surface area contributed by atoms with Crippen molar-refractivity contribution in [3.05, 3.63) is 35.9 Å². The van der Waals surface area contributed by atoms with Crippen molar-refractivity contribution in [3.63, 3.8) is 0 Å². The first-order valence-electron chi connectivity index (χ1n) is 3.89. The monoisotopic (exact) mass is 290 g/mol. The molecule has 8 heteroatoms. The molecule has 0 saturated carbocycles. The van der Waals surface area contributed by atoms with Gasteiger partial charge in [-0.2, -0.15) is 21.6 Å². The van der Waals surface area contributed by atoms with Crippen LogP contribution in [0.5, 0.6) is 0 Å². The molecule has 0 atom stereocenters. The molecular weight excluding hydrogens is 284 g/mol. The van der Waals surface area contributed by atoms with Crippen LogP contribution in [0, 0.1) is 12.0 Å². The molecule has 1 rings (SSSR count). The second kappa shape index (κ2) is 6.77. The molecule has 0 fully saturated rings. The average molecular weight is 290 g/mol. The number of rotatable bonds is 1. The van der Waals surface area contributed by atoms with Crippen molar-refractivity contribution in [1.29, 1.82) is 0 Å². The van der Waals surface area contributed by atoms with E-state index in [1.807, 2.05) is 0 Å². The van der Waals surface area contributed by atoms with Crippen LogP contribution in [0.2, 0.25) is 0 Å².